The Labute approximate surface area is 124 Å². The third-order valence-electron chi connectivity index (χ3n) is 4.77. The largest absolute Gasteiger partial charge is 0.198 e. The second-order valence-electron chi connectivity index (χ2n) is 6.36. The van der Waals surface area contributed by atoms with E-state index in [1.165, 1.54) is 49.7 Å². The number of hydrogen-bond acceptors (Lipinski definition) is 1. The van der Waals surface area contributed by atoms with Crippen LogP contribution < -0.4 is 0 Å². The lowest BCUT2D eigenvalue weighted by molar-refractivity contribution is 0.302. The number of hydrogen-bond donors (Lipinski definition) is 0. The molecule has 1 unspecified atom stereocenters. The van der Waals surface area contributed by atoms with Crippen LogP contribution in [0.3, 0.4) is 0 Å². The summed E-state index contributed by atoms with van der Waals surface area (Å²) in [6, 6.07) is 11.3. The Balaban J connectivity index is 1.84. The standard InChI is InChI=1S/C19H27N/c1-2-3-4-5-6-9-13-19(16-20)14-12-17-10-7-8-11-18(17)15-19/h7-8,10-11H,2-6,9,12-15H2,1H3. The lowest BCUT2D eigenvalue weighted by Crippen LogP contribution is -2.27. The Morgan fingerprint density at radius 2 is 1.75 bits per heavy atom. The van der Waals surface area contributed by atoms with Crippen LogP contribution in [0.4, 0.5) is 0 Å². The van der Waals surface area contributed by atoms with E-state index in [4.69, 9.17) is 0 Å². The highest BCUT2D eigenvalue weighted by atomic mass is 14.4. The minimum Gasteiger partial charge on any atom is -0.198 e. The number of unbranched alkanes of at least 4 members (excludes halogenated alkanes) is 5. The number of nitriles is 1. The van der Waals surface area contributed by atoms with Crippen molar-refractivity contribution < 1.29 is 0 Å². The highest BCUT2D eigenvalue weighted by molar-refractivity contribution is 5.32. The van der Waals surface area contributed by atoms with Crippen LogP contribution in [-0.4, -0.2) is 0 Å². The van der Waals surface area contributed by atoms with Crippen molar-refractivity contribution in [2.45, 2.75) is 71.1 Å². The summed E-state index contributed by atoms with van der Waals surface area (Å²) in [4.78, 5) is 0. The topological polar surface area (TPSA) is 23.8 Å². The van der Waals surface area contributed by atoms with Crippen molar-refractivity contribution in [2.75, 3.05) is 0 Å². The van der Waals surface area contributed by atoms with Crippen molar-refractivity contribution in [1.82, 2.24) is 0 Å². The van der Waals surface area contributed by atoms with Gasteiger partial charge in [0.1, 0.15) is 0 Å². The zero-order valence-corrected chi connectivity index (χ0v) is 12.8. The third kappa shape index (κ3) is 3.85. The molecular formula is C19H27N. The zero-order valence-electron chi connectivity index (χ0n) is 12.8. The molecule has 0 aliphatic heterocycles. The van der Waals surface area contributed by atoms with Crippen molar-refractivity contribution in [3.63, 3.8) is 0 Å². The maximum Gasteiger partial charge on any atom is 0.0693 e. The predicted molar refractivity (Wildman–Crippen MR) is 84.5 cm³/mol. The van der Waals surface area contributed by atoms with Crippen LogP contribution in [0, 0.1) is 16.7 Å². The van der Waals surface area contributed by atoms with Gasteiger partial charge in [-0.25, -0.2) is 0 Å². The first-order valence-electron chi connectivity index (χ1n) is 8.28. The van der Waals surface area contributed by atoms with Gasteiger partial charge >= 0.3 is 0 Å². The average Bonchev–Trinajstić information content (AvgIpc) is 2.50. The molecule has 0 heterocycles. The maximum atomic E-state index is 9.66. The summed E-state index contributed by atoms with van der Waals surface area (Å²) in [5, 5.41) is 9.66. The van der Waals surface area contributed by atoms with Gasteiger partial charge in [-0.1, -0.05) is 69.7 Å². The molecule has 1 aliphatic carbocycles. The molecular weight excluding hydrogens is 242 g/mol. The molecule has 0 amide bonds. The van der Waals surface area contributed by atoms with Gasteiger partial charge in [-0.15, -0.1) is 0 Å². The summed E-state index contributed by atoms with van der Waals surface area (Å²) in [6.45, 7) is 2.25. The highest BCUT2D eigenvalue weighted by Gasteiger charge is 2.33. The van der Waals surface area contributed by atoms with Crippen LogP contribution in [0.15, 0.2) is 24.3 Å². The summed E-state index contributed by atoms with van der Waals surface area (Å²) in [5.41, 5.74) is 2.78. The molecule has 0 saturated heterocycles. The molecule has 20 heavy (non-hydrogen) atoms. The van der Waals surface area contributed by atoms with E-state index in [0.717, 1.165) is 25.7 Å². The Morgan fingerprint density at radius 3 is 2.50 bits per heavy atom. The molecule has 1 aromatic carbocycles. The zero-order chi connectivity index (χ0) is 14.3. The minimum absolute atomic E-state index is 0.0842. The Bertz CT molecular complexity index is 457. The second kappa shape index (κ2) is 7.48. The molecule has 1 aromatic rings. The predicted octanol–water partition coefficient (Wildman–Crippen LogP) is 5.44. The van der Waals surface area contributed by atoms with Gasteiger partial charge in [0.25, 0.3) is 0 Å². The quantitative estimate of drug-likeness (QED) is 0.605. The Morgan fingerprint density at radius 1 is 1.05 bits per heavy atom. The molecule has 2 rings (SSSR count). The van der Waals surface area contributed by atoms with Crippen LogP contribution in [0.5, 0.6) is 0 Å². The van der Waals surface area contributed by atoms with Crippen molar-refractivity contribution >= 4 is 0 Å². The van der Waals surface area contributed by atoms with Crippen LogP contribution >= 0.6 is 0 Å². The molecule has 108 valence electrons. The molecule has 0 fully saturated rings. The molecule has 0 bridgehead atoms. The van der Waals surface area contributed by atoms with E-state index >= 15 is 0 Å². The first kappa shape index (κ1) is 15.1. The van der Waals surface area contributed by atoms with Crippen molar-refractivity contribution in [3.05, 3.63) is 35.4 Å². The van der Waals surface area contributed by atoms with E-state index in [9.17, 15) is 5.26 Å². The van der Waals surface area contributed by atoms with E-state index < -0.39 is 0 Å². The van der Waals surface area contributed by atoms with Gasteiger partial charge in [0.05, 0.1) is 11.5 Å². The van der Waals surface area contributed by atoms with Gasteiger partial charge in [0, 0.05) is 0 Å². The summed E-state index contributed by atoms with van der Waals surface area (Å²) >= 11 is 0. The summed E-state index contributed by atoms with van der Waals surface area (Å²) in [6.07, 6.45) is 12.1. The third-order valence-corrected chi connectivity index (χ3v) is 4.77. The lowest BCUT2D eigenvalue weighted by Gasteiger charge is -2.32. The molecule has 1 atom stereocenters. The second-order valence-corrected chi connectivity index (χ2v) is 6.36. The Kier molecular flexibility index (Phi) is 5.65. The fourth-order valence-electron chi connectivity index (χ4n) is 3.41. The first-order valence-corrected chi connectivity index (χ1v) is 8.28. The molecule has 1 aliphatic rings. The van der Waals surface area contributed by atoms with E-state index in [0.29, 0.717) is 0 Å². The SMILES string of the molecule is CCCCCCCCC1(C#N)CCc2ccccc2C1. The monoisotopic (exact) mass is 269 g/mol. The molecule has 1 nitrogen and oxygen atoms in total. The number of fused-ring (bicyclic) bond motifs is 1. The lowest BCUT2D eigenvalue weighted by atomic mass is 9.70. The van der Waals surface area contributed by atoms with E-state index in [1.807, 2.05) is 0 Å². The number of nitrogens with zero attached hydrogens (tertiary/aromatic N) is 1. The van der Waals surface area contributed by atoms with Gasteiger partial charge in [-0.2, -0.15) is 5.26 Å². The van der Waals surface area contributed by atoms with Gasteiger partial charge in [-0.05, 0) is 36.8 Å². The van der Waals surface area contributed by atoms with Gasteiger partial charge in [0.2, 0.25) is 0 Å². The van der Waals surface area contributed by atoms with Crippen molar-refractivity contribution in [3.8, 4) is 6.07 Å². The van der Waals surface area contributed by atoms with Crippen LogP contribution in [-0.2, 0) is 12.8 Å². The van der Waals surface area contributed by atoms with E-state index in [-0.39, 0.29) is 5.41 Å². The van der Waals surface area contributed by atoms with Gasteiger partial charge < -0.3 is 0 Å². The summed E-state index contributed by atoms with van der Waals surface area (Å²) in [5.74, 6) is 0. The number of rotatable bonds is 7. The average molecular weight is 269 g/mol. The van der Waals surface area contributed by atoms with Crippen molar-refractivity contribution in [2.24, 2.45) is 5.41 Å². The number of benzene rings is 1. The van der Waals surface area contributed by atoms with Crippen molar-refractivity contribution in [1.29, 1.82) is 5.26 Å². The fraction of sp³-hybridized carbons (Fsp3) is 0.632. The fourth-order valence-corrected chi connectivity index (χ4v) is 3.41. The van der Waals surface area contributed by atoms with E-state index in [2.05, 4.69) is 37.3 Å². The molecule has 0 saturated carbocycles. The van der Waals surface area contributed by atoms with Gasteiger partial charge in [0.15, 0.2) is 0 Å². The first-order chi connectivity index (χ1) is 9.79. The van der Waals surface area contributed by atoms with Crippen LogP contribution in [0.1, 0.15) is 69.4 Å². The minimum atomic E-state index is -0.0842. The maximum absolute atomic E-state index is 9.66. The summed E-state index contributed by atoms with van der Waals surface area (Å²) < 4.78 is 0. The van der Waals surface area contributed by atoms with E-state index in [1.54, 1.807) is 0 Å². The molecule has 0 aromatic heterocycles. The molecule has 0 radical (unpaired) electrons. The Hall–Kier alpha value is -1.29. The molecule has 0 N–H and O–H groups in total. The normalized spacial score (nSPS) is 21.2. The highest BCUT2D eigenvalue weighted by Crippen LogP contribution is 2.39. The smallest absolute Gasteiger partial charge is 0.0693 e. The van der Waals surface area contributed by atoms with Crippen LogP contribution in [0.25, 0.3) is 0 Å². The number of aryl methyl sites for hydroxylation is 1. The van der Waals surface area contributed by atoms with Gasteiger partial charge in [-0.3, -0.25) is 0 Å². The molecule has 1 heteroatoms. The molecule has 0 spiro atoms. The van der Waals surface area contributed by atoms with Crippen LogP contribution in [0.2, 0.25) is 0 Å². The summed E-state index contributed by atoms with van der Waals surface area (Å²) in [7, 11) is 0.